The minimum Gasteiger partial charge on any atom is -0.340 e. The molecule has 29 heavy (non-hydrogen) atoms. The lowest BCUT2D eigenvalue weighted by Gasteiger charge is -2.34. The van der Waals surface area contributed by atoms with Crippen LogP contribution in [0.5, 0.6) is 0 Å². The number of thioether (sulfide) groups is 1. The molecule has 1 aliphatic rings. The molecular formula is C21H23ClFN3O2S. The van der Waals surface area contributed by atoms with Crippen molar-refractivity contribution < 1.29 is 14.0 Å². The average molecular weight is 436 g/mol. The third kappa shape index (κ3) is 6.45. The van der Waals surface area contributed by atoms with E-state index in [0.717, 1.165) is 0 Å². The summed E-state index contributed by atoms with van der Waals surface area (Å²) in [5.41, 5.74) is 0.598. The van der Waals surface area contributed by atoms with Crippen molar-refractivity contribution in [2.75, 3.05) is 43.8 Å². The molecule has 1 heterocycles. The minimum absolute atomic E-state index is 0.0639. The molecular weight excluding hydrogens is 413 g/mol. The number of halogens is 2. The average Bonchev–Trinajstić information content (AvgIpc) is 2.71. The second-order valence-corrected chi connectivity index (χ2v) is 8.26. The molecule has 1 fully saturated rings. The van der Waals surface area contributed by atoms with Gasteiger partial charge < -0.3 is 10.2 Å². The van der Waals surface area contributed by atoms with Crippen LogP contribution in [-0.2, 0) is 9.59 Å². The standard InChI is InChI=1S/C21H23ClFN3O2S/c22-16-5-1-3-7-18(16)24-20(27)15-25-10-12-26(13-11-25)21(28)9-14-29-19-8-4-2-6-17(19)23/h1-8H,9-15H2,(H,24,27). The number of anilines is 1. The summed E-state index contributed by atoms with van der Waals surface area (Å²) >= 11 is 7.41. The number of carbonyl (C=O) groups excluding carboxylic acids is 2. The van der Waals surface area contributed by atoms with Gasteiger partial charge in [-0.2, -0.15) is 0 Å². The maximum Gasteiger partial charge on any atom is 0.238 e. The second kappa shape index (κ2) is 10.6. The molecule has 0 aromatic heterocycles. The Morgan fingerprint density at radius 1 is 1.03 bits per heavy atom. The summed E-state index contributed by atoms with van der Waals surface area (Å²) in [6, 6.07) is 13.7. The summed E-state index contributed by atoms with van der Waals surface area (Å²) in [6.07, 6.45) is 0.367. The number of nitrogens with zero attached hydrogens (tertiary/aromatic N) is 2. The maximum absolute atomic E-state index is 13.6. The van der Waals surface area contributed by atoms with Crippen LogP contribution in [0.3, 0.4) is 0 Å². The fourth-order valence-electron chi connectivity index (χ4n) is 3.08. The van der Waals surface area contributed by atoms with Crippen LogP contribution in [0.1, 0.15) is 6.42 Å². The van der Waals surface area contributed by atoms with E-state index >= 15 is 0 Å². The molecule has 0 bridgehead atoms. The molecule has 1 saturated heterocycles. The van der Waals surface area contributed by atoms with Gasteiger partial charge in [-0.1, -0.05) is 35.9 Å². The number of amides is 2. The van der Waals surface area contributed by atoms with E-state index in [9.17, 15) is 14.0 Å². The maximum atomic E-state index is 13.6. The van der Waals surface area contributed by atoms with Crippen molar-refractivity contribution in [1.29, 1.82) is 0 Å². The van der Waals surface area contributed by atoms with Crippen molar-refractivity contribution in [3.8, 4) is 0 Å². The van der Waals surface area contributed by atoms with Crippen molar-refractivity contribution in [1.82, 2.24) is 9.80 Å². The molecule has 8 heteroatoms. The Morgan fingerprint density at radius 2 is 1.72 bits per heavy atom. The van der Waals surface area contributed by atoms with Gasteiger partial charge in [-0.15, -0.1) is 11.8 Å². The van der Waals surface area contributed by atoms with Crippen molar-refractivity contribution >= 4 is 40.9 Å². The Hall–Kier alpha value is -2.09. The summed E-state index contributed by atoms with van der Waals surface area (Å²) in [4.78, 5) is 29.0. The third-order valence-electron chi connectivity index (χ3n) is 4.65. The number of benzene rings is 2. The van der Waals surface area contributed by atoms with Gasteiger partial charge in [0.1, 0.15) is 5.82 Å². The Kier molecular flexibility index (Phi) is 7.91. The topological polar surface area (TPSA) is 52.7 Å². The van der Waals surface area contributed by atoms with Gasteiger partial charge in [-0.05, 0) is 24.3 Å². The van der Waals surface area contributed by atoms with Gasteiger partial charge in [0.25, 0.3) is 0 Å². The Bertz CT molecular complexity index is 859. The van der Waals surface area contributed by atoms with Crippen molar-refractivity contribution in [3.63, 3.8) is 0 Å². The second-order valence-electron chi connectivity index (χ2n) is 6.71. The number of hydrogen-bond acceptors (Lipinski definition) is 4. The number of para-hydroxylation sites is 1. The molecule has 0 aliphatic carbocycles. The molecule has 5 nitrogen and oxygen atoms in total. The lowest BCUT2D eigenvalue weighted by Crippen LogP contribution is -2.50. The van der Waals surface area contributed by atoms with E-state index in [1.54, 1.807) is 30.3 Å². The first kappa shape index (κ1) is 21.6. The normalized spacial score (nSPS) is 14.6. The SMILES string of the molecule is O=C(CN1CCN(C(=O)CCSc2ccccc2F)CC1)Nc1ccccc1Cl. The first-order valence-corrected chi connectivity index (χ1v) is 10.8. The van der Waals surface area contributed by atoms with Crippen LogP contribution in [0.25, 0.3) is 0 Å². The third-order valence-corrected chi connectivity index (χ3v) is 6.03. The van der Waals surface area contributed by atoms with Gasteiger partial charge in [-0.3, -0.25) is 14.5 Å². The molecule has 0 atom stereocenters. The Labute approximate surface area is 179 Å². The molecule has 1 aliphatic heterocycles. The molecule has 0 unspecified atom stereocenters. The number of nitrogens with one attached hydrogen (secondary N) is 1. The predicted octanol–water partition coefficient (Wildman–Crippen LogP) is 3.74. The molecule has 0 radical (unpaired) electrons. The lowest BCUT2D eigenvalue weighted by molar-refractivity contribution is -0.132. The summed E-state index contributed by atoms with van der Waals surface area (Å²) < 4.78 is 13.6. The van der Waals surface area contributed by atoms with Crippen LogP contribution in [-0.4, -0.2) is 60.1 Å². The highest BCUT2D eigenvalue weighted by Crippen LogP contribution is 2.22. The summed E-state index contributed by atoms with van der Waals surface area (Å²) in [5.74, 6) is 0.224. The number of carbonyl (C=O) groups is 2. The van der Waals surface area contributed by atoms with Gasteiger partial charge >= 0.3 is 0 Å². The highest BCUT2D eigenvalue weighted by molar-refractivity contribution is 7.99. The fourth-order valence-corrected chi connectivity index (χ4v) is 4.14. The Morgan fingerprint density at radius 3 is 2.45 bits per heavy atom. The predicted molar refractivity (Wildman–Crippen MR) is 115 cm³/mol. The van der Waals surface area contributed by atoms with Gasteiger partial charge in [-0.25, -0.2) is 4.39 Å². The van der Waals surface area contributed by atoms with E-state index in [-0.39, 0.29) is 24.2 Å². The van der Waals surface area contributed by atoms with Crippen LogP contribution in [0.4, 0.5) is 10.1 Å². The zero-order valence-corrected chi connectivity index (χ0v) is 17.5. The van der Waals surface area contributed by atoms with Gasteiger partial charge in [0.15, 0.2) is 0 Å². The van der Waals surface area contributed by atoms with Crippen LogP contribution < -0.4 is 5.32 Å². The quantitative estimate of drug-likeness (QED) is 0.673. The van der Waals surface area contributed by atoms with E-state index < -0.39 is 0 Å². The lowest BCUT2D eigenvalue weighted by atomic mass is 10.2. The monoisotopic (exact) mass is 435 g/mol. The minimum atomic E-state index is -0.256. The van der Waals surface area contributed by atoms with Crippen molar-refractivity contribution in [2.24, 2.45) is 0 Å². The van der Waals surface area contributed by atoms with Gasteiger partial charge in [0, 0.05) is 43.2 Å². The van der Waals surface area contributed by atoms with E-state index in [0.29, 0.717) is 54.0 Å². The smallest absolute Gasteiger partial charge is 0.238 e. The van der Waals surface area contributed by atoms with Gasteiger partial charge in [0.2, 0.25) is 11.8 Å². The van der Waals surface area contributed by atoms with E-state index in [2.05, 4.69) is 5.32 Å². The highest BCUT2D eigenvalue weighted by Gasteiger charge is 2.22. The van der Waals surface area contributed by atoms with Crippen molar-refractivity contribution in [2.45, 2.75) is 11.3 Å². The summed E-state index contributed by atoms with van der Waals surface area (Å²) in [6.45, 7) is 2.71. The largest absolute Gasteiger partial charge is 0.340 e. The van der Waals surface area contributed by atoms with Crippen LogP contribution in [0.15, 0.2) is 53.4 Å². The van der Waals surface area contributed by atoms with Crippen molar-refractivity contribution in [3.05, 3.63) is 59.4 Å². The number of rotatable bonds is 7. The van der Waals surface area contributed by atoms with E-state index in [4.69, 9.17) is 11.6 Å². The Balaban J connectivity index is 1.37. The van der Waals surface area contributed by atoms with Crippen LogP contribution in [0, 0.1) is 5.82 Å². The highest BCUT2D eigenvalue weighted by atomic mass is 35.5. The molecule has 0 spiro atoms. The molecule has 0 saturated carbocycles. The van der Waals surface area contributed by atoms with Crippen LogP contribution >= 0.6 is 23.4 Å². The van der Waals surface area contributed by atoms with Crippen LogP contribution in [0.2, 0.25) is 5.02 Å². The molecule has 2 aromatic carbocycles. The summed E-state index contributed by atoms with van der Waals surface area (Å²) in [5, 5.41) is 3.32. The molecule has 1 N–H and O–H groups in total. The summed E-state index contributed by atoms with van der Waals surface area (Å²) in [7, 11) is 0. The molecule has 2 aromatic rings. The molecule has 3 rings (SSSR count). The van der Waals surface area contributed by atoms with E-state index in [1.807, 2.05) is 21.9 Å². The van der Waals surface area contributed by atoms with E-state index in [1.165, 1.54) is 17.8 Å². The zero-order chi connectivity index (χ0) is 20.6. The molecule has 2 amide bonds. The first-order valence-electron chi connectivity index (χ1n) is 9.45. The zero-order valence-electron chi connectivity index (χ0n) is 15.9. The van der Waals surface area contributed by atoms with Gasteiger partial charge in [0.05, 0.1) is 17.3 Å². The first-order chi connectivity index (χ1) is 14.0. The number of hydrogen-bond donors (Lipinski definition) is 1. The fraction of sp³-hybridized carbons (Fsp3) is 0.333. The molecule has 154 valence electrons. The number of piperazine rings is 1.